The van der Waals surface area contributed by atoms with E-state index < -0.39 is 6.04 Å². The van der Waals surface area contributed by atoms with Crippen molar-refractivity contribution in [3.05, 3.63) is 23.9 Å². The maximum Gasteiger partial charge on any atom is 0.256 e. The van der Waals surface area contributed by atoms with Crippen LogP contribution in [0, 0.1) is 0 Å². The highest BCUT2D eigenvalue weighted by atomic mass is 16.5. The van der Waals surface area contributed by atoms with Gasteiger partial charge in [0.1, 0.15) is 6.04 Å². The van der Waals surface area contributed by atoms with E-state index in [1.165, 1.54) is 20.2 Å². The first-order chi connectivity index (χ1) is 11.9. The predicted octanol–water partition coefficient (Wildman–Crippen LogP) is 0.0401. The average molecular weight is 346 g/mol. The SMILES string of the molecule is COc1ccc(C(=O)N2C[C@@H]3C[C@H](NC(C)=O)CN3C(=O)[C@@H]2C)cn1. The van der Waals surface area contributed by atoms with Crippen molar-refractivity contribution in [2.75, 3.05) is 20.2 Å². The summed E-state index contributed by atoms with van der Waals surface area (Å²) in [4.78, 5) is 44.2. The zero-order valence-electron chi connectivity index (χ0n) is 14.6. The van der Waals surface area contributed by atoms with Crippen LogP contribution in [0.3, 0.4) is 0 Å². The lowest BCUT2D eigenvalue weighted by Crippen LogP contribution is -2.60. The number of nitrogens with zero attached hydrogens (tertiary/aromatic N) is 3. The van der Waals surface area contributed by atoms with Crippen molar-refractivity contribution in [1.29, 1.82) is 0 Å². The van der Waals surface area contributed by atoms with Gasteiger partial charge in [0, 0.05) is 38.3 Å². The summed E-state index contributed by atoms with van der Waals surface area (Å²) >= 11 is 0. The molecule has 8 heteroatoms. The van der Waals surface area contributed by atoms with Crippen LogP contribution in [-0.4, -0.2) is 70.8 Å². The van der Waals surface area contributed by atoms with E-state index in [0.29, 0.717) is 31.0 Å². The van der Waals surface area contributed by atoms with E-state index in [-0.39, 0.29) is 29.8 Å². The number of methoxy groups -OCH3 is 1. The van der Waals surface area contributed by atoms with E-state index in [9.17, 15) is 14.4 Å². The number of carbonyl (C=O) groups is 3. The number of fused-ring (bicyclic) bond motifs is 1. The second-order valence-corrected chi connectivity index (χ2v) is 6.50. The molecule has 2 saturated heterocycles. The van der Waals surface area contributed by atoms with E-state index in [1.807, 2.05) is 0 Å². The van der Waals surface area contributed by atoms with Crippen molar-refractivity contribution >= 4 is 17.7 Å². The van der Waals surface area contributed by atoms with Gasteiger partial charge < -0.3 is 19.9 Å². The van der Waals surface area contributed by atoms with Gasteiger partial charge in [0.05, 0.1) is 18.7 Å². The molecular formula is C17H22N4O4. The Morgan fingerprint density at radius 2 is 2.08 bits per heavy atom. The Labute approximate surface area is 146 Å². The molecule has 25 heavy (non-hydrogen) atoms. The Hall–Kier alpha value is -2.64. The normalized spacial score (nSPS) is 25.6. The summed E-state index contributed by atoms with van der Waals surface area (Å²) in [5.74, 6) is 0.0135. The first-order valence-corrected chi connectivity index (χ1v) is 8.29. The standard InChI is InChI=1S/C17H22N4O4/c1-10-16(23)21-8-13(19-11(2)22)6-14(21)9-20(10)17(24)12-4-5-15(25-3)18-7-12/h4-5,7,10,13-14H,6,8-9H2,1-3H3,(H,19,22)/t10-,13-,14-/m0/s1. The van der Waals surface area contributed by atoms with Gasteiger partial charge in [0.25, 0.3) is 5.91 Å². The lowest BCUT2D eigenvalue weighted by molar-refractivity contribution is -0.141. The molecule has 2 aliphatic rings. The smallest absolute Gasteiger partial charge is 0.256 e. The lowest BCUT2D eigenvalue weighted by Gasteiger charge is -2.41. The molecule has 3 heterocycles. The van der Waals surface area contributed by atoms with Gasteiger partial charge in [-0.2, -0.15) is 0 Å². The third-order valence-corrected chi connectivity index (χ3v) is 4.79. The molecule has 3 amide bonds. The number of nitrogens with one attached hydrogen (secondary N) is 1. The molecule has 0 aromatic carbocycles. The van der Waals surface area contributed by atoms with Crippen molar-refractivity contribution in [2.24, 2.45) is 0 Å². The largest absolute Gasteiger partial charge is 0.481 e. The van der Waals surface area contributed by atoms with Crippen LogP contribution in [0.4, 0.5) is 0 Å². The molecule has 134 valence electrons. The summed E-state index contributed by atoms with van der Waals surface area (Å²) in [6.07, 6.45) is 2.11. The Kier molecular flexibility index (Phi) is 4.61. The number of amides is 3. The minimum absolute atomic E-state index is 0.0589. The number of hydrogen-bond acceptors (Lipinski definition) is 5. The van der Waals surface area contributed by atoms with Crippen molar-refractivity contribution in [2.45, 2.75) is 38.4 Å². The molecule has 0 spiro atoms. The number of pyridine rings is 1. The van der Waals surface area contributed by atoms with Gasteiger partial charge in [-0.15, -0.1) is 0 Å². The van der Waals surface area contributed by atoms with E-state index in [0.717, 1.165) is 0 Å². The monoisotopic (exact) mass is 346 g/mol. The molecular weight excluding hydrogens is 324 g/mol. The van der Waals surface area contributed by atoms with Gasteiger partial charge in [-0.25, -0.2) is 4.98 Å². The highest BCUT2D eigenvalue weighted by Crippen LogP contribution is 2.27. The van der Waals surface area contributed by atoms with Crippen LogP contribution in [0.5, 0.6) is 5.88 Å². The Morgan fingerprint density at radius 3 is 2.68 bits per heavy atom. The Bertz CT molecular complexity index is 690. The number of hydrogen-bond donors (Lipinski definition) is 1. The quantitative estimate of drug-likeness (QED) is 0.834. The van der Waals surface area contributed by atoms with Crippen LogP contribution >= 0.6 is 0 Å². The number of ether oxygens (including phenoxy) is 1. The first kappa shape index (κ1) is 17.2. The molecule has 1 aromatic heterocycles. The molecule has 2 fully saturated rings. The van der Waals surface area contributed by atoms with Gasteiger partial charge >= 0.3 is 0 Å². The van der Waals surface area contributed by atoms with E-state index in [1.54, 1.807) is 28.9 Å². The molecule has 0 radical (unpaired) electrons. The van der Waals surface area contributed by atoms with Crippen LogP contribution in [0.1, 0.15) is 30.6 Å². The van der Waals surface area contributed by atoms with Gasteiger partial charge in [-0.3, -0.25) is 14.4 Å². The Balaban J connectivity index is 1.75. The lowest BCUT2D eigenvalue weighted by atomic mass is 10.1. The van der Waals surface area contributed by atoms with Gasteiger partial charge in [0.2, 0.25) is 17.7 Å². The number of carbonyl (C=O) groups excluding carboxylic acids is 3. The predicted molar refractivity (Wildman–Crippen MR) is 89.0 cm³/mol. The summed E-state index contributed by atoms with van der Waals surface area (Å²) < 4.78 is 5.00. The summed E-state index contributed by atoms with van der Waals surface area (Å²) in [5, 5.41) is 2.86. The first-order valence-electron chi connectivity index (χ1n) is 8.29. The van der Waals surface area contributed by atoms with Crippen LogP contribution in [0.15, 0.2) is 18.3 Å². The van der Waals surface area contributed by atoms with Gasteiger partial charge in [-0.1, -0.05) is 0 Å². The summed E-state index contributed by atoms with van der Waals surface area (Å²) in [5.41, 5.74) is 0.422. The zero-order chi connectivity index (χ0) is 18.1. The summed E-state index contributed by atoms with van der Waals surface area (Å²) in [7, 11) is 1.51. The molecule has 1 aromatic rings. The zero-order valence-corrected chi connectivity index (χ0v) is 14.6. The fourth-order valence-electron chi connectivity index (χ4n) is 3.56. The summed E-state index contributed by atoms with van der Waals surface area (Å²) in [6, 6.07) is 2.60. The fraction of sp³-hybridized carbons (Fsp3) is 0.529. The van der Waals surface area contributed by atoms with Crippen molar-refractivity contribution < 1.29 is 19.1 Å². The second kappa shape index (κ2) is 6.70. The third-order valence-electron chi connectivity index (χ3n) is 4.79. The van der Waals surface area contributed by atoms with E-state index in [4.69, 9.17) is 4.74 Å². The minimum atomic E-state index is -0.540. The van der Waals surface area contributed by atoms with Crippen molar-refractivity contribution in [1.82, 2.24) is 20.1 Å². The molecule has 1 N–H and O–H groups in total. The van der Waals surface area contributed by atoms with Crippen molar-refractivity contribution in [3.8, 4) is 5.88 Å². The summed E-state index contributed by atoms with van der Waals surface area (Å²) in [6.45, 7) is 4.15. The minimum Gasteiger partial charge on any atom is -0.481 e. The number of aromatic nitrogens is 1. The topological polar surface area (TPSA) is 91.8 Å². The molecule has 0 aliphatic carbocycles. The van der Waals surface area contributed by atoms with E-state index >= 15 is 0 Å². The highest BCUT2D eigenvalue weighted by molar-refractivity contribution is 5.98. The van der Waals surface area contributed by atoms with Crippen LogP contribution in [0.2, 0.25) is 0 Å². The molecule has 3 rings (SSSR count). The van der Waals surface area contributed by atoms with E-state index in [2.05, 4.69) is 10.3 Å². The van der Waals surface area contributed by atoms with Crippen LogP contribution in [0.25, 0.3) is 0 Å². The van der Waals surface area contributed by atoms with Gasteiger partial charge in [-0.05, 0) is 19.4 Å². The number of rotatable bonds is 3. The fourth-order valence-corrected chi connectivity index (χ4v) is 3.56. The third kappa shape index (κ3) is 3.29. The molecule has 2 aliphatic heterocycles. The van der Waals surface area contributed by atoms with Crippen LogP contribution < -0.4 is 10.1 Å². The molecule has 0 saturated carbocycles. The maximum atomic E-state index is 12.8. The van der Waals surface area contributed by atoms with Gasteiger partial charge in [0.15, 0.2) is 0 Å². The maximum absolute atomic E-state index is 12.8. The Morgan fingerprint density at radius 1 is 1.32 bits per heavy atom. The molecule has 3 atom stereocenters. The van der Waals surface area contributed by atoms with Crippen molar-refractivity contribution in [3.63, 3.8) is 0 Å². The average Bonchev–Trinajstić information content (AvgIpc) is 2.99. The molecule has 0 unspecified atom stereocenters. The number of piperazine rings is 1. The van der Waals surface area contributed by atoms with Crippen LogP contribution in [-0.2, 0) is 9.59 Å². The molecule has 8 nitrogen and oxygen atoms in total. The molecule has 0 bridgehead atoms. The second-order valence-electron chi connectivity index (χ2n) is 6.50. The highest BCUT2D eigenvalue weighted by Gasteiger charge is 2.45.